The summed E-state index contributed by atoms with van der Waals surface area (Å²) in [5, 5.41) is 19.3. The number of terminal acetylenes is 1. The number of hydrogen-bond acceptors (Lipinski definition) is 6. The third kappa shape index (κ3) is 3.23. The zero-order valence-electron chi connectivity index (χ0n) is 13.3. The van der Waals surface area contributed by atoms with Crippen LogP contribution in [0.4, 0.5) is 11.6 Å². The number of thiophene rings is 1. The molecule has 0 spiro atoms. The van der Waals surface area contributed by atoms with Crippen LogP contribution in [0.1, 0.15) is 34.9 Å². The molecule has 0 amide bonds. The van der Waals surface area contributed by atoms with Crippen molar-refractivity contribution >= 4 is 23.0 Å². The van der Waals surface area contributed by atoms with E-state index in [1.165, 1.54) is 24.2 Å². The second kappa shape index (κ2) is 6.39. The number of nitriles is 1. The number of nitrogens with one attached hydrogen (secondary N) is 2. The monoisotopic (exact) mass is 346 g/mol. The van der Waals surface area contributed by atoms with Crippen LogP contribution in [0.25, 0.3) is 10.7 Å². The Bertz CT molecular complexity index is 999. The highest BCUT2D eigenvalue weighted by Crippen LogP contribution is 2.39. The van der Waals surface area contributed by atoms with Gasteiger partial charge in [0.2, 0.25) is 0 Å². The topological polar surface area (TPSA) is 90.3 Å². The van der Waals surface area contributed by atoms with E-state index in [4.69, 9.17) is 11.7 Å². The molecule has 0 aliphatic heterocycles. The van der Waals surface area contributed by atoms with E-state index in [0.717, 1.165) is 15.4 Å². The fourth-order valence-electron chi connectivity index (χ4n) is 2.50. The van der Waals surface area contributed by atoms with Crippen molar-refractivity contribution in [2.75, 3.05) is 5.32 Å². The van der Waals surface area contributed by atoms with Gasteiger partial charge in [0.1, 0.15) is 0 Å². The first-order valence-corrected chi connectivity index (χ1v) is 8.70. The molecule has 2 N–H and O–H groups in total. The Hall–Kier alpha value is -3.16. The maximum atomic E-state index is 8.80. The molecule has 1 aliphatic rings. The number of rotatable bonds is 5. The molecule has 1 aliphatic carbocycles. The molecule has 0 aromatic carbocycles. The summed E-state index contributed by atoms with van der Waals surface area (Å²) < 4.78 is 0. The third-order valence-electron chi connectivity index (χ3n) is 3.94. The van der Waals surface area contributed by atoms with E-state index in [1.54, 1.807) is 6.20 Å². The molecule has 4 rings (SSSR count). The Labute approximate surface area is 149 Å². The maximum Gasteiger partial charge on any atom is 0.171 e. The van der Waals surface area contributed by atoms with Gasteiger partial charge < -0.3 is 5.32 Å². The molecule has 3 heterocycles. The molecule has 0 unspecified atom stereocenters. The molecule has 7 heteroatoms. The summed E-state index contributed by atoms with van der Waals surface area (Å²) in [4.78, 5) is 10.8. The van der Waals surface area contributed by atoms with Crippen LogP contribution in [0.3, 0.4) is 0 Å². The minimum Gasteiger partial charge on any atom is -0.322 e. The second-order valence-electron chi connectivity index (χ2n) is 5.81. The van der Waals surface area contributed by atoms with E-state index >= 15 is 0 Å². The van der Waals surface area contributed by atoms with Gasteiger partial charge in [0.15, 0.2) is 17.5 Å². The van der Waals surface area contributed by atoms with Gasteiger partial charge in [0.05, 0.1) is 22.9 Å². The number of nitrogens with zero attached hydrogens (tertiary/aromatic N) is 4. The quantitative estimate of drug-likeness (QED) is 0.689. The van der Waals surface area contributed by atoms with Crippen molar-refractivity contribution in [3.63, 3.8) is 0 Å². The van der Waals surface area contributed by atoms with Crippen LogP contribution >= 0.6 is 11.3 Å². The summed E-state index contributed by atoms with van der Waals surface area (Å²) in [6.45, 7) is 0. The van der Waals surface area contributed by atoms with E-state index in [-0.39, 0.29) is 0 Å². The lowest BCUT2D eigenvalue weighted by Crippen LogP contribution is -2.00. The number of hydrogen-bond donors (Lipinski definition) is 2. The number of aromatic amines is 1. The van der Waals surface area contributed by atoms with Crippen molar-refractivity contribution in [1.82, 2.24) is 20.2 Å². The molecule has 3 aromatic rings. The second-order valence-corrected chi connectivity index (χ2v) is 6.98. The molecule has 122 valence electrons. The van der Waals surface area contributed by atoms with Crippen LogP contribution in [-0.4, -0.2) is 20.2 Å². The smallest absolute Gasteiger partial charge is 0.171 e. The van der Waals surface area contributed by atoms with Gasteiger partial charge in [-0.25, -0.2) is 9.97 Å². The molecule has 0 bridgehead atoms. The SMILES string of the molecule is C#Cc1cnc(-c2ccc(CC#N)s2)nc1Nc1cc(C2CC2)[nH]n1. The lowest BCUT2D eigenvalue weighted by Gasteiger charge is -2.06. The molecule has 25 heavy (non-hydrogen) atoms. The molecule has 0 radical (unpaired) electrons. The predicted molar refractivity (Wildman–Crippen MR) is 96.4 cm³/mol. The minimum absolute atomic E-state index is 0.384. The summed E-state index contributed by atoms with van der Waals surface area (Å²) in [6, 6.07) is 7.99. The molecule has 6 nitrogen and oxygen atoms in total. The van der Waals surface area contributed by atoms with E-state index in [2.05, 4.69) is 37.5 Å². The van der Waals surface area contributed by atoms with Gasteiger partial charge in [-0.1, -0.05) is 5.92 Å². The first kappa shape index (κ1) is 15.4. The van der Waals surface area contributed by atoms with Crippen molar-refractivity contribution in [2.24, 2.45) is 0 Å². The number of aromatic nitrogens is 4. The fraction of sp³-hybridized carbons (Fsp3) is 0.222. The van der Waals surface area contributed by atoms with Gasteiger partial charge >= 0.3 is 0 Å². The molecular weight excluding hydrogens is 332 g/mol. The van der Waals surface area contributed by atoms with Crippen molar-refractivity contribution < 1.29 is 0 Å². The first-order chi connectivity index (χ1) is 12.3. The molecule has 0 atom stereocenters. The molecule has 3 aromatic heterocycles. The lowest BCUT2D eigenvalue weighted by molar-refractivity contribution is 0.966. The summed E-state index contributed by atoms with van der Waals surface area (Å²) in [7, 11) is 0. The van der Waals surface area contributed by atoms with Crippen LogP contribution in [0.15, 0.2) is 24.4 Å². The average molecular weight is 346 g/mol. The van der Waals surface area contributed by atoms with Crippen molar-refractivity contribution in [1.29, 1.82) is 5.26 Å². The normalized spacial score (nSPS) is 13.2. The van der Waals surface area contributed by atoms with E-state index in [0.29, 0.717) is 35.4 Å². The summed E-state index contributed by atoms with van der Waals surface area (Å²) >= 11 is 1.51. The lowest BCUT2D eigenvalue weighted by atomic mass is 10.3. The third-order valence-corrected chi connectivity index (χ3v) is 5.02. The summed E-state index contributed by atoms with van der Waals surface area (Å²) in [6.07, 6.45) is 9.99. The highest BCUT2D eigenvalue weighted by molar-refractivity contribution is 7.15. The zero-order valence-corrected chi connectivity index (χ0v) is 14.1. The van der Waals surface area contributed by atoms with Crippen LogP contribution < -0.4 is 5.32 Å². The average Bonchev–Trinajstić information content (AvgIpc) is 3.19. The Balaban J connectivity index is 1.63. The molecule has 0 saturated heterocycles. The van der Waals surface area contributed by atoms with Crippen molar-refractivity contribution in [3.8, 4) is 29.1 Å². The van der Waals surface area contributed by atoms with Gasteiger partial charge in [-0.05, 0) is 25.0 Å². The van der Waals surface area contributed by atoms with Gasteiger partial charge in [-0.2, -0.15) is 10.4 Å². The Morgan fingerprint density at radius 1 is 1.40 bits per heavy atom. The zero-order chi connectivity index (χ0) is 17.2. The Morgan fingerprint density at radius 2 is 2.28 bits per heavy atom. The maximum absolute atomic E-state index is 8.80. The van der Waals surface area contributed by atoms with Crippen LogP contribution in [0.5, 0.6) is 0 Å². The van der Waals surface area contributed by atoms with Crippen molar-refractivity contribution in [2.45, 2.75) is 25.2 Å². The molecule has 1 saturated carbocycles. The minimum atomic E-state index is 0.384. The highest BCUT2D eigenvalue weighted by atomic mass is 32.1. The van der Waals surface area contributed by atoms with Gasteiger partial charge in [0, 0.05) is 28.8 Å². The molecule has 1 fully saturated rings. The Kier molecular flexibility index (Phi) is 3.93. The van der Waals surface area contributed by atoms with Gasteiger partial charge in [-0.3, -0.25) is 5.10 Å². The summed E-state index contributed by atoms with van der Waals surface area (Å²) in [5.74, 6) is 5.02. The first-order valence-electron chi connectivity index (χ1n) is 7.89. The highest BCUT2D eigenvalue weighted by Gasteiger charge is 2.25. The largest absolute Gasteiger partial charge is 0.322 e. The fourth-order valence-corrected chi connectivity index (χ4v) is 3.38. The molecular formula is C18H14N6S. The number of anilines is 2. The Morgan fingerprint density at radius 3 is 3.04 bits per heavy atom. The number of H-pyrrole nitrogens is 1. The van der Waals surface area contributed by atoms with Gasteiger partial charge in [-0.15, -0.1) is 17.8 Å². The van der Waals surface area contributed by atoms with Crippen LogP contribution in [-0.2, 0) is 6.42 Å². The predicted octanol–water partition coefficient (Wildman–Crippen LogP) is 3.60. The summed E-state index contributed by atoms with van der Waals surface area (Å²) in [5.41, 5.74) is 1.71. The van der Waals surface area contributed by atoms with Crippen molar-refractivity contribution in [3.05, 3.63) is 40.5 Å². The van der Waals surface area contributed by atoms with Crippen LogP contribution in [0.2, 0.25) is 0 Å². The standard InChI is InChI=1S/C18H14N6S/c1-2-11-10-20-18(15-6-5-13(25-15)7-8-19)22-17(11)21-16-9-14(23-24-16)12-3-4-12/h1,5-6,9-10,12H,3-4,7H2,(H2,20,21,22,23,24). The van der Waals surface area contributed by atoms with E-state index < -0.39 is 0 Å². The van der Waals surface area contributed by atoms with Gasteiger partial charge in [0.25, 0.3) is 0 Å². The van der Waals surface area contributed by atoms with E-state index in [1.807, 2.05) is 18.2 Å². The van der Waals surface area contributed by atoms with E-state index in [9.17, 15) is 0 Å². The van der Waals surface area contributed by atoms with Crippen LogP contribution in [0, 0.1) is 23.7 Å².